The van der Waals surface area contributed by atoms with Gasteiger partial charge in [-0.1, -0.05) is 34.1 Å². The third-order valence-corrected chi connectivity index (χ3v) is 8.33. The molecule has 0 radical (unpaired) electrons. The SMILES string of the molecule is CC(=O)NC1[C@H](OCCCCC(=O)NCCCCCC(=O)N2C[C@H](C)C[C@H]2CC(C)(C)C)OC(COC(C)=O)[C@H](OC(C)=O)[C@@H]1OC(C)=O. The summed E-state index contributed by atoms with van der Waals surface area (Å²) in [5.41, 5.74) is 0.184. The molecule has 2 heterocycles. The van der Waals surface area contributed by atoms with E-state index in [1.54, 1.807) is 0 Å². The number of hydrogen-bond acceptors (Lipinski definition) is 11. The summed E-state index contributed by atoms with van der Waals surface area (Å²) in [6.45, 7) is 14.9. The van der Waals surface area contributed by atoms with Crippen LogP contribution in [0.2, 0.25) is 0 Å². The highest BCUT2D eigenvalue weighted by molar-refractivity contribution is 5.77. The number of rotatable bonds is 18. The zero-order valence-corrected chi connectivity index (χ0v) is 30.7. The van der Waals surface area contributed by atoms with Gasteiger partial charge in [-0.15, -0.1) is 0 Å². The Morgan fingerprint density at radius 3 is 2.10 bits per heavy atom. The van der Waals surface area contributed by atoms with E-state index in [-0.39, 0.29) is 36.9 Å². The second kappa shape index (κ2) is 20.4. The number of ether oxygens (including phenoxy) is 5. The Hall–Kier alpha value is -3.26. The van der Waals surface area contributed by atoms with Crippen molar-refractivity contribution in [1.29, 1.82) is 0 Å². The van der Waals surface area contributed by atoms with Gasteiger partial charge in [0, 0.05) is 66.3 Å². The second-order valence-electron chi connectivity index (χ2n) is 14.5. The summed E-state index contributed by atoms with van der Waals surface area (Å²) < 4.78 is 27.8. The fourth-order valence-electron chi connectivity index (χ4n) is 6.42. The lowest BCUT2D eigenvalue weighted by molar-refractivity contribution is -0.277. The molecule has 280 valence electrons. The predicted octanol–water partition coefficient (Wildman–Crippen LogP) is 3.18. The number of likely N-dealkylation sites (tertiary alicyclic amines) is 1. The van der Waals surface area contributed by atoms with E-state index in [1.807, 2.05) is 0 Å². The average molecular weight is 698 g/mol. The van der Waals surface area contributed by atoms with Gasteiger partial charge in [0.1, 0.15) is 18.8 Å². The lowest BCUT2D eigenvalue weighted by atomic mass is 9.86. The van der Waals surface area contributed by atoms with E-state index < -0.39 is 54.5 Å². The molecular formula is C35H59N3O11. The summed E-state index contributed by atoms with van der Waals surface area (Å²) in [4.78, 5) is 74.8. The molecule has 0 bridgehead atoms. The third kappa shape index (κ3) is 15.9. The van der Waals surface area contributed by atoms with Crippen molar-refractivity contribution in [2.75, 3.05) is 26.3 Å². The molecule has 2 N–H and O–H groups in total. The van der Waals surface area contributed by atoms with Gasteiger partial charge in [-0.05, 0) is 49.9 Å². The molecule has 0 saturated carbocycles. The Morgan fingerprint density at radius 2 is 1.49 bits per heavy atom. The lowest BCUT2D eigenvalue weighted by Crippen LogP contribution is -2.66. The quantitative estimate of drug-likeness (QED) is 0.122. The number of amides is 3. The molecule has 2 saturated heterocycles. The monoisotopic (exact) mass is 697 g/mol. The standard InChI is InChI=1S/C35H59N3O11/c1-22-18-27(19-35(6,7)8)38(20-22)30(44)15-10-9-12-16-36-29(43)14-11-13-17-45-34-31(37-23(2)39)33(48-26(5)42)32(47-25(4)41)28(49-34)21-46-24(3)40/h22,27-28,31-34H,9-21H2,1-8H3,(H,36,43)(H,37,39)/t22-,27+,28?,31?,32+,33-,34-/m1/s1. The second-order valence-corrected chi connectivity index (χ2v) is 14.5. The molecule has 2 aliphatic heterocycles. The average Bonchev–Trinajstić information content (AvgIpc) is 3.33. The molecule has 2 fully saturated rings. The van der Waals surface area contributed by atoms with Crippen LogP contribution in [0.3, 0.4) is 0 Å². The van der Waals surface area contributed by atoms with E-state index in [4.69, 9.17) is 23.7 Å². The van der Waals surface area contributed by atoms with Crippen LogP contribution in [0.5, 0.6) is 0 Å². The summed E-state index contributed by atoms with van der Waals surface area (Å²) in [7, 11) is 0. The molecule has 14 heteroatoms. The van der Waals surface area contributed by atoms with E-state index >= 15 is 0 Å². The van der Waals surface area contributed by atoms with Gasteiger partial charge in [-0.2, -0.15) is 0 Å². The Labute approximate surface area is 291 Å². The van der Waals surface area contributed by atoms with Crippen molar-refractivity contribution in [3.63, 3.8) is 0 Å². The number of carbonyl (C=O) groups is 6. The highest BCUT2D eigenvalue weighted by atomic mass is 16.7. The topological polar surface area (TPSA) is 176 Å². The summed E-state index contributed by atoms with van der Waals surface area (Å²) in [6, 6.07) is -0.718. The van der Waals surface area contributed by atoms with Crippen molar-refractivity contribution in [3.05, 3.63) is 0 Å². The molecular weight excluding hydrogens is 638 g/mol. The summed E-state index contributed by atoms with van der Waals surface area (Å²) in [5.74, 6) is -1.76. The van der Waals surface area contributed by atoms with Crippen molar-refractivity contribution in [2.45, 2.75) is 150 Å². The normalized spacial score (nSPS) is 25.3. The minimum atomic E-state index is -1.19. The van der Waals surface area contributed by atoms with E-state index in [2.05, 4.69) is 43.2 Å². The number of nitrogens with zero attached hydrogens (tertiary/aromatic N) is 1. The van der Waals surface area contributed by atoms with E-state index in [0.717, 1.165) is 38.6 Å². The van der Waals surface area contributed by atoms with Crippen LogP contribution in [0.15, 0.2) is 0 Å². The van der Waals surface area contributed by atoms with Crippen molar-refractivity contribution in [2.24, 2.45) is 11.3 Å². The summed E-state index contributed by atoms with van der Waals surface area (Å²) in [5, 5.41) is 5.58. The van der Waals surface area contributed by atoms with Gasteiger partial charge in [-0.3, -0.25) is 28.8 Å². The van der Waals surface area contributed by atoms with Crippen LogP contribution in [0.1, 0.15) is 113 Å². The van der Waals surface area contributed by atoms with Crippen LogP contribution in [0.25, 0.3) is 0 Å². The first-order valence-corrected chi connectivity index (χ1v) is 17.5. The maximum atomic E-state index is 12.9. The molecule has 14 nitrogen and oxygen atoms in total. The van der Waals surface area contributed by atoms with Crippen LogP contribution >= 0.6 is 0 Å². The number of esters is 3. The first-order valence-electron chi connectivity index (χ1n) is 17.5. The summed E-state index contributed by atoms with van der Waals surface area (Å²) >= 11 is 0. The van der Waals surface area contributed by atoms with Crippen molar-refractivity contribution >= 4 is 35.6 Å². The number of hydrogen-bond donors (Lipinski definition) is 2. The van der Waals surface area contributed by atoms with Crippen molar-refractivity contribution in [3.8, 4) is 0 Å². The zero-order valence-electron chi connectivity index (χ0n) is 30.7. The molecule has 0 aromatic carbocycles. The Kier molecular flexibility index (Phi) is 17.5. The van der Waals surface area contributed by atoms with Gasteiger partial charge in [-0.25, -0.2) is 0 Å². The van der Waals surface area contributed by atoms with E-state index in [1.165, 1.54) is 27.7 Å². The largest absolute Gasteiger partial charge is 0.463 e. The van der Waals surface area contributed by atoms with Gasteiger partial charge >= 0.3 is 17.9 Å². The number of nitrogens with one attached hydrogen (secondary N) is 2. The fraction of sp³-hybridized carbons (Fsp3) is 0.829. The molecule has 0 aliphatic carbocycles. The molecule has 49 heavy (non-hydrogen) atoms. The van der Waals surface area contributed by atoms with Crippen molar-refractivity contribution in [1.82, 2.24) is 15.5 Å². The highest BCUT2D eigenvalue weighted by Crippen LogP contribution is 2.33. The van der Waals surface area contributed by atoms with Gasteiger partial charge in [0.25, 0.3) is 0 Å². The van der Waals surface area contributed by atoms with Gasteiger partial charge in [0.2, 0.25) is 17.7 Å². The van der Waals surface area contributed by atoms with E-state index in [9.17, 15) is 28.8 Å². The maximum absolute atomic E-state index is 12.9. The third-order valence-electron chi connectivity index (χ3n) is 8.33. The molecule has 2 aliphatic rings. The molecule has 0 spiro atoms. The zero-order chi connectivity index (χ0) is 36.7. The number of unbranched alkanes of at least 4 members (excludes halogenated alkanes) is 3. The van der Waals surface area contributed by atoms with Gasteiger partial charge in [0.05, 0.1) is 0 Å². The van der Waals surface area contributed by atoms with Crippen LogP contribution in [-0.4, -0.2) is 104 Å². The van der Waals surface area contributed by atoms with Crippen LogP contribution in [0.4, 0.5) is 0 Å². The minimum absolute atomic E-state index is 0.0854. The fourth-order valence-corrected chi connectivity index (χ4v) is 6.42. The Morgan fingerprint density at radius 1 is 0.837 bits per heavy atom. The van der Waals surface area contributed by atoms with Crippen LogP contribution < -0.4 is 10.6 Å². The van der Waals surface area contributed by atoms with Crippen molar-refractivity contribution < 1.29 is 52.5 Å². The van der Waals surface area contributed by atoms with Gasteiger partial charge < -0.3 is 39.2 Å². The first kappa shape index (κ1) is 41.9. The molecule has 2 rings (SSSR count). The van der Waals surface area contributed by atoms with Gasteiger partial charge in [0.15, 0.2) is 18.5 Å². The molecule has 0 aromatic rings. The number of carbonyl (C=O) groups excluding carboxylic acids is 6. The molecule has 0 aromatic heterocycles. The molecule has 3 amide bonds. The van der Waals surface area contributed by atoms with E-state index in [0.29, 0.717) is 37.8 Å². The van der Waals surface area contributed by atoms with Crippen LogP contribution in [-0.2, 0) is 52.5 Å². The minimum Gasteiger partial charge on any atom is -0.463 e. The lowest BCUT2D eigenvalue weighted by Gasteiger charge is -2.44. The predicted molar refractivity (Wildman–Crippen MR) is 179 cm³/mol. The maximum Gasteiger partial charge on any atom is 0.303 e. The summed E-state index contributed by atoms with van der Waals surface area (Å²) in [6.07, 6.45) is 1.76. The molecule has 7 atom stereocenters. The molecule has 2 unspecified atom stereocenters. The highest BCUT2D eigenvalue weighted by Gasteiger charge is 2.51. The Balaban J connectivity index is 1.78. The smallest absolute Gasteiger partial charge is 0.303 e. The first-order chi connectivity index (χ1) is 23.0. The van der Waals surface area contributed by atoms with Crippen LogP contribution in [0, 0.1) is 11.3 Å². The Bertz CT molecular complexity index is 1120.